The van der Waals surface area contributed by atoms with Crippen molar-refractivity contribution in [3.05, 3.63) is 34.3 Å². The maximum Gasteiger partial charge on any atom is 0.0429 e. The van der Waals surface area contributed by atoms with E-state index >= 15 is 0 Å². The van der Waals surface area contributed by atoms with Crippen LogP contribution < -0.4 is 11.1 Å². The fourth-order valence-corrected chi connectivity index (χ4v) is 1.65. The van der Waals surface area contributed by atoms with Gasteiger partial charge in [-0.05, 0) is 17.7 Å². The van der Waals surface area contributed by atoms with E-state index < -0.39 is 0 Å². The first-order valence-electron chi connectivity index (χ1n) is 4.73. The minimum absolute atomic E-state index is 0.125. The topological polar surface area (TPSA) is 38.0 Å². The van der Waals surface area contributed by atoms with Gasteiger partial charge < -0.3 is 11.1 Å². The van der Waals surface area contributed by atoms with Crippen LogP contribution in [-0.2, 0) is 5.41 Å². The van der Waals surface area contributed by atoms with Crippen molar-refractivity contribution in [1.82, 2.24) is 5.32 Å². The third-order valence-corrected chi connectivity index (χ3v) is 2.87. The highest BCUT2D eigenvalue weighted by molar-refractivity contribution is 9.10. The molecule has 14 heavy (non-hydrogen) atoms. The van der Waals surface area contributed by atoms with Crippen molar-refractivity contribution in [3.63, 3.8) is 0 Å². The summed E-state index contributed by atoms with van der Waals surface area (Å²) in [4.78, 5) is 0. The summed E-state index contributed by atoms with van der Waals surface area (Å²) in [5.41, 5.74) is 6.87. The molecule has 0 aliphatic rings. The highest BCUT2D eigenvalue weighted by Gasteiger charge is 2.19. The van der Waals surface area contributed by atoms with Gasteiger partial charge in [-0.25, -0.2) is 0 Å². The molecule has 0 spiro atoms. The lowest BCUT2D eigenvalue weighted by molar-refractivity contribution is 0.474. The molecule has 0 aromatic heterocycles. The van der Waals surface area contributed by atoms with E-state index in [1.807, 2.05) is 0 Å². The smallest absolute Gasteiger partial charge is 0.0429 e. The molecule has 0 radical (unpaired) electrons. The van der Waals surface area contributed by atoms with Crippen molar-refractivity contribution in [2.24, 2.45) is 5.73 Å². The van der Waals surface area contributed by atoms with Crippen molar-refractivity contribution < 1.29 is 0 Å². The van der Waals surface area contributed by atoms with Crippen LogP contribution in [0.2, 0.25) is 0 Å². The van der Waals surface area contributed by atoms with Gasteiger partial charge in [0.2, 0.25) is 0 Å². The Hall–Kier alpha value is -0.380. The zero-order chi connectivity index (χ0) is 10.6. The second-order valence-corrected chi connectivity index (χ2v) is 4.94. The van der Waals surface area contributed by atoms with Crippen LogP contribution in [0.25, 0.3) is 0 Å². The first kappa shape index (κ1) is 11.7. The van der Waals surface area contributed by atoms with Crippen molar-refractivity contribution in [1.29, 1.82) is 0 Å². The van der Waals surface area contributed by atoms with Crippen LogP contribution >= 0.6 is 15.9 Å². The van der Waals surface area contributed by atoms with E-state index in [9.17, 15) is 0 Å². The molecule has 0 aliphatic carbocycles. The molecule has 0 saturated carbocycles. The van der Waals surface area contributed by atoms with Crippen LogP contribution in [0.4, 0.5) is 0 Å². The molecule has 0 heterocycles. The summed E-state index contributed by atoms with van der Waals surface area (Å²) in [5.74, 6) is 0. The molecule has 3 N–H and O–H groups in total. The average Bonchev–Trinajstić information content (AvgIpc) is 2.16. The zero-order valence-electron chi connectivity index (χ0n) is 8.68. The Bertz CT molecular complexity index is 280. The Morgan fingerprint density at radius 2 is 1.86 bits per heavy atom. The number of hydrogen-bond acceptors (Lipinski definition) is 2. The minimum atomic E-state index is 0.125. The van der Waals surface area contributed by atoms with Gasteiger partial charge in [0.15, 0.2) is 0 Å². The molecule has 0 unspecified atom stereocenters. The molecule has 0 amide bonds. The predicted molar refractivity (Wildman–Crippen MR) is 64.2 cm³/mol. The summed E-state index contributed by atoms with van der Waals surface area (Å²) in [6.07, 6.45) is 0. The lowest BCUT2D eigenvalue weighted by atomic mass is 9.85. The molecule has 0 fully saturated rings. The summed E-state index contributed by atoms with van der Waals surface area (Å²) in [7, 11) is 0. The van der Waals surface area contributed by atoms with Gasteiger partial charge in [0.05, 0.1) is 0 Å². The summed E-state index contributed by atoms with van der Waals surface area (Å²) >= 11 is 3.43. The van der Waals surface area contributed by atoms with Crippen LogP contribution in [0.3, 0.4) is 0 Å². The molecule has 3 heteroatoms. The fraction of sp³-hybridized carbons (Fsp3) is 0.455. The van der Waals surface area contributed by atoms with Crippen molar-refractivity contribution in [3.8, 4) is 0 Å². The Morgan fingerprint density at radius 3 is 2.36 bits per heavy atom. The first-order chi connectivity index (χ1) is 6.56. The molecule has 2 nitrogen and oxygen atoms in total. The second kappa shape index (κ2) is 4.91. The second-order valence-electron chi connectivity index (χ2n) is 4.02. The van der Waals surface area contributed by atoms with E-state index in [1.54, 1.807) is 0 Å². The van der Waals surface area contributed by atoms with Gasteiger partial charge in [-0.2, -0.15) is 0 Å². The highest BCUT2D eigenvalue weighted by atomic mass is 79.9. The van der Waals surface area contributed by atoms with Gasteiger partial charge in [0, 0.05) is 23.1 Å². The van der Waals surface area contributed by atoms with Crippen LogP contribution in [0.15, 0.2) is 28.7 Å². The molecule has 1 rings (SSSR count). The van der Waals surface area contributed by atoms with Crippen molar-refractivity contribution in [2.75, 3.05) is 13.2 Å². The lowest BCUT2D eigenvalue weighted by Crippen LogP contribution is -2.35. The quantitative estimate of drug-likeness (QED) is 0.812. The van der Waals surface area contributed by atoms with E-state index in [2.05, 4.69) is 59.4 Å². The summed E-state index contributed by atoms with van der Waals surface area (Å²) in [6.45, 7) is 5.84. The standard InChI is InChI=1S/C11H17BrN2/c1-11(2,7-14-8-13)9-3-5-10(12)6-4-9/h3-6,14H,7-8,13H2,1-2H3. The molecule has 0 bridgehead atoms. The molecule has 78 valence electrons. The number of halogens is 1. The first-order valence-corrected chi connectivity index (χ1v) is 5.52. The van der Waals surface area contributed by atoms with Gasteiger partial charge in [-0.1, -0.05) is 41.9 Å². The number of rotatable bonds is 4. The zero-order valence-corrected chi connectivity index (χ0v) is 10.3. The molecule has 0 aliphatic heterocycles. The van der Waals surface area contributed by atoms with Crippen molar-refractivity contribution in [2.45, 2.75) is 19.3 Å². The van der Waals surface area contributed by atoms with Crippen LogP contribution in [0, 0.1) is 0 Å². The van der Waals surface area contributed by atoms with Crippen LogP contribution in [0.5, 0.6) is 0 Å². The predicted octanol–water partition coefficient (Wildman–Crippen LogP) is 2.23. The van der Waals surface area contributed by atoms with Crippen LogP contribution in [0.1, 0.15) is 19.4 Å². The third kappa shape index (κ3) is 3.08. The Morgan fingerprint density at radius 1 is 1.29 bits per heavy atom. The molecule has 0 saturated heterocycles. The van der Waals surface area contributed by atoms with E-state index in [-0.39, 0.29) is 5.41 Å². The summed E-state index contributed by atoms with van der Waals surface area (Å²) in [5, 5.41) is 3.17. The Labute approximate surface area is 94.0 Å². The monoisotopic (exact) mass is 256 g/mol. The normalized spacial score (nSPS) is 11.7. The van der Waals surface area contributed by atoms with Gasteiger partial charge in [-0.15, -0.1) is 0 Å². The summed E-state index contributed by atoms with van der Waals surface area (Å²) < 4.78 is 1.11. The fourth-order valence-electron chi connectivity index (χ4n) is 1.39. The molecule has 1 aromatic rings. The Kier molecular flexibility index (Phi) is 4.11. The van der Waals surface area contributed by atoms with Crippen molar-refractivity contribution >= 4 is 15.9 Å². The molecule has 0 atom stereocenters. The average molecular weight is 257 g/mol. The van der Waals surface area contributed by atoms with Gasteiger partial charge in [-0.3, -0.25) is 0 Å². The maximum atomic E-state index is 5.42. The maximum absolute atomic E-state index is 5.42. The lowest BCUT2D eigenvalue weighted by Gasteiger charge is -2.25. The van der Waals surface area contributed by atoms with E-state index in [0.29, 0.717) is 6.67 Å². The number of benzene rings is 1. The molecule has 1 aromatic carbocycles. The van der Waals surface area contributed by atoms with Crippen LogP contribution in [-0.4, -0.2) is 13.2 Å². The highest BCUT2D eigenvalue weighted by Crippen LogP contribution is 2.23. The number of hydrogen-bond donors (Lipinski definition) is 2. The molecular formula is C11H17BrN2. The van der Waals surface area contributed by atoms with Gasteiger partial charge in [0.1, 0.15) is 0 Å². The van der Waals surface area contributed by atoms with E-state index in [4.69, 9.17) is 5.73 Å². The molecular weight excluding hydrogens is 240 g/mol. The number of nitrogens with two attached hydrogens (primary N) is 1. The largest absolute Gasteiger partial charge is 0.318 e. The SMILES string of the molecule is CC(C)(CNCN)c1ccc(Br)cc1. The van der Waals surface area contributed by atoms with E-state index in [1.165, 1.54) is 5.56 Å². The van der Waals surface area contributed by atoms with Gasteiger partial charge in [0.25, 0.3) is 0 Å². The van der Waals surface area contributed by atoms with E-state index in [0.717, 1.165) is 11.0 Å². The summed E-state index contributed by atoms with van der Waals surface area (Å²) in [6, 6.07) is 8.42. The minimum Gasteiger partial charge on any atom is -0.318 e. The Balaban J connectivity index is 2.75. The van der Waals surface area contributed by atoms with Gasteiger partial charge >= 0.3 is 0 Å². The number of nitrogens with one attached hydrogen (secondary N) is 1. The third-order valence-electron chi connectivity index (χ3n) is 2.34.